The van der Waals surface area contributed by atoms with Crippen molar-refractivity contribution in [2.45, 2.75) is 195 Å². The fourth-order valence-corrected chi connectivity index (χ4v) is 6.39. The van der Waals surface area contributed by atoms with Crippen molar-refractivity contribution in [3.05, 3.63) is 0 Å². The van der Waals surface area contributed by atoms with Gasteiger partial charge in [-0.1, -0.05) is 144 Å². The Kier molecular flexibility index (Phi) is 36.5. The van der Waals surface area contributed by atoms with E-state index in [9.17, 15) is 0 Å². The van der Waals surface area contributed by atoms with Crippen LogP contribution in [0.5, 0.6) is 0 Å². The molecule has 0 unspecified atom stereocenters. The van der Waals surface area contributed by atoms with E-state index >= 15 is 0 Å². The number of hydrogen-bond acceptors (Lipinski definition) is 1. The quantitative estimate of drug-likeness (QED) is 0.0381. The van der Waals surface area contributed by atoms with Gasteiger partial charge in [0.25, 0.3) is 0 Å². The zero-order valence-electron chi connectivity index (χ0n) is 28.9. The molecule has 0 bridgehead atoms. The Bertz CT molecular complexity index is 405. The molecule has 0 amide bonds. The van der Waals surface area contributed by atoms with Gasteiger partial charge in [0, 0.05) is 6.54 Å². The fourth-order valence-electron chi connectivity index (χ4n) is 6.39. The van der Waals surface area contributed by atoms with Gasteiger partial charge < -0.3 is 28.5 Å². The summed E-state index contributed by atoms with van der Waals surface area (Å²) in [6.07, 6.45) is 35.6. The summed E-state index contributed by atoms with van der Waals surface area (Å²) in [5.74, 6) is 0. The average molecular weight is 679 g/mol. The van der Waals surface area contributed by atoms with Crippen LogP contribution in [0.3, 0.4) is 0 Å². The summed E-state index contributed by atoms with van der Waals surface area (Å²) in [4.78, 5) is 2.91. The molecule has 0 aromatic rings. The van der Waals surface area contributed by atoms with E-state index in [1.54, 1.807) is 0 Å². The molecule has 0 aliphatic heterocycles. The summed E-state index contributed by atoms with van der Waals surface area (Å²) in [6.45, 7) is 21.6. The monoisotopic (exact) mass is 679 g/mol. The summed E-state index contributed by atoms with van der Waals surface area (Å²) < 4.78 is 1.44. The van der Waals surface area contributed by atoms with E-state index in [1.807, 2.05) is 0 Å². The van der Waals surface area contributed by atoms with Gasteiger partial charge in [-0.25, -0.2) is 0 Å². The third-order valence-corrected chi connectivity index (χ3v) is 9.25. The van der Waals surface area contributed by atoms with Gasteiger partial charge in [-0.15, -0.1) is 0 Å². The van der Waals surface area contributed by atoms with Crippen LogP contribution < -0.4 is 24.0 Å². The molecule has 3 heteroatoms. The van der Waals surface area contributed by atoms with Crippen molar-refractivity contribution in [3.63, 3.8) is 0 Å². The molecular formula is C37H79IN2. The molecule has 2 nitrogen and oxygen atoms in total. The fraction of sp³-hybridized carbons (Fsp3) is 1.00. The van der Waals surface area contributed by atoms with Crippen molar-refractivity contribution in [3.8, 4) is 0 Å². The SMILES string of the molecule is CCCCCCCN(CCCCCCC)CC[N+](CCCCCCC)(CCCCCCC)CCCCCCC.[I-]. The lowest BCUT2D eigenvalue weighted by Crippen LogP contribution is -3.00. The molecule has 0 aromatic carbocycles. The molecule has 0 N–H and O–H groups in total. The third kappa shape index (κ3) is 27.5. The van der Waals surface area contributed by atoms with E-state index in [2.05, 4.69) is 39.5 Å². The van der Waals surface area contributed by atoms with Gasteiger partial charge in [0.15, 0.2) is 0 Å². The highest BCUT2D eigenvalue weighted by Gasteiger charge is 2.27. The van der Waals surface area contributed by atoms with E-state index < -0.39 is 0 Å². The van der Waals surface area contributed by atoms with Gasteiger partial charge >= 0.3 is 0 Å². The molecule has 0 spiro atoms. The number of unbranched alkanes of at least 4 members (excludes halogenated alkanes) is 20. The Morgan fingerprint density at radius 1 is 0.300 bits per heavy atom. The maximum Gasteiger partial charge on any atom is 0.0915 e. The summed E-state index contributed by atoms with van der Waals surface area (Å²) in [6, 6.07) is 0. The lowest BCUT2D eigenvalue weighted by molar-refractivity contribution is -0.928. The molecule has 0 aliphatic rings. The molecule has 0 atom stereocenters. The zero-order valence-corrected chi connectivity index (χ0v) is 31.1. The van der Waals surface area contributed by atoms with Crippen LogP contribution in [0, 0.1) is 0 Å². The van der Waals surface area contributed by atoms with E-state index in [0.29, 0.717) is 0 Å². The first-order valence-corrected chi connectivity index (χ1v) is 18.7. The lowest BCUT2D eigenvalue weighted by Gasteiger charge is -2.41. The van der Waals surface area contributed by atoms with Crippen LogP contribution in [0.4, 0.5) is 0 Å². The van der Waals surface area contributed by atoms with Crippen LogP contribution in [0.25, 0.3) is 0 Å². The van der Waals surface area contributed by atoms with Gasteiger partial charge in [0.1, 0.15) is 0 Å². The van der Waals surface area contributed by atoms with Crippen molar-refractivity contribution in [1.82, 2.24) is 4.90 Å². The summed E-state index contributed by atoms with van der Waals surface area (Å²) >= 11 is 0. The molecule has 40 heavy (non-hydrogen) atoms. The molecule has 0 fully saturated rings. The second-order valence-electron chi connectivity index (χ2n) is 13.1. The van der Waals surface area contributed by atoms with Crippen LogP contribution in [0.1, 0.15) is 195 Å². The number of halogens is 1. The van der Waals surface area contributed by atoms with Crippen LogP contribution >= 0.6 is 0 Å². The molecule has 0 heterocycles. The summed E-state index contributed by atoms with van der Waals surface area (Å²) in [7, 11) is 0. The Labute approximate surface area is 273 Å². The number of nitrogens with zero attached hydrogens (tertiary/aromatic N) is 2. The minimum absolute atomic E-state index is 0. The maximum absolute atomic E-state index is 2.91. The second-order valence-corrected chi connectivity index (χ2v) is 13.1. The largest absolute Gasteiger partial charge is 1.00 e. The van der Waals surface area contributed by atoms with Gasteiger partial charge in [-0.05, 0) is 64.5 Å². The molecule has 0 aromatic heterocycles. The Morgan fingerprint density at radius 3 is 0.875 bits per heavy atom. The van der Waals surface area contributed by atoms with E-state index in [1.165, 1.54) is 211 Å². The second kappa shape index (κ2) is 34.1. The predicted molar refractivity (Wildman–Crippen MR) is 180 cm³/mol. The topological polar surface area (TPSA) is 3.24 Å². The smallest absolute Gasteiger partial charge is 0.0915 e. The van der Waals surface area contributed by atoms with Crippen LogP contribution in [-0.4, -0.2) is 55.2 Å². The Morgan fingerprint density at radius 2 is 0.575 bits per heavy atom. The van der Waals surface area contributed by atoms with Crippen molar-refractivity contribution in [2.24, 2.45) is 0 Å². The predicted octanol–water partition coefficient (Wildman–Crippen LogP) is 8.96. The number of rotatable bonds is 33. The zero-order chi connectivity index (χ0) is 28.7. The van der Waals surface area contributed by atoms with Crippen LogP contribution in [0.2, 0.25) is 0 Å². The van der Waals surface area contributed by atoms with E-state index in [4.69, 9.17) is 0 Å². The van der Waals surface area contributed by atoms with E-state index in [-0.39, 0.29) is 24.0 Å². The highest BCUT2D eigenvalue weighted by Crippen LogP contribution is 2.19. The first-order valence-electron chi connectivity index (χ1n) is 18.7. The standard InChI is InChI=1S/C37H79N2.HI/c1-6-11-16-21-26-31-38(32-27-22-17-12-7-2)33-37-39(34-28-23-18-13-8-3,35-29-24-19-14-9-4)36-30-25-20-15-10-5;/h6-37H2,1-5H3;1H/q+1;/p-1. The molecule has 0 aliphatic carbocycles. The van der Waals surface area contributed by atoms with Crippen LogP contribution in [0.15, 0.2) is 0 Å². The van der Waals surface area contributed by atoms with Gasteiger partial charge in [0.05, 0.1) is 26.2 Å². The minimum Gasteiger partial charge on any atom is -1.00 e. The maximum atomic E-state index is 2.91. The highest BCUT2D eigenvalue weighted by atomic mass is 127. The number of hydrogen-bond donors (Lipinski definition) is 0. The Hall–Kier alpha value is 0.650. The molecule has 244 valence electrons. The van der Waals surface area contributed by atoms with Gasteiger partial charge in [-0.2, -0.15) is 0 Å². The van der Waals surface area contributed by atoms with E-state index in [0.717, 1.165) is 0 Å². The molecule has 0 rings (SSSR count). The van der Waals surface area contributed by atoms with Crippen molar-refractivity contribution in [2.75, 3.05) is 45.8 Å². The average Bonchev–Trinajstić information content (AvgIpc) is 2.94. The molecule has 0 radical (unpaired) electrons. The first-order chi connectivity index (χ1) is 19.2. The lowest BCUT2D eigenvalue weighted by atomic mass is 10.1. The highest BCUT2D eigenvalue weighted by molar-refractivity contribution is 4.62. The summed E-state index contributed by atoms with van der Waals surface area (Å²) in [5, 5.41) is 0. The Balaban J connectivity index is 0. The third-order valence-electron chi connectivity index (χ3n) is 9.25. The summed E-state index contributed by atoms with van der Waals surface area (Å²) in [5.41, 5.74) is 0. The minimum atomic E-state index is 0. The van der Waals surface area contributed by atoms with Crippen molar-refractivity contribution in [1.29, 1.82) is 0 Å². The first kappa shape index (κ1) is 42.8. The van der Waals surface area contributed by atoms with Gasteiger partial charge in [-0.3, -0.25) is 4.90 Å². The van der Waals surface area contributed by atoms with Crippen molar-refractivity contribution >= 4 is 0 Å². The number of quaternary nitrogens is 1. The molecule has 0 saturated heterocycles. The van der Waals surface area contributed by atoms with Crippen LogP contribution in [-0.2, 0) is 0 Å². The molecular weight excluding hydrogens is 599 g/mol. The van der Waals surface area contributed by atoms with Crippen molar-refractivity contribution < 1.29 is 28.5 Å². The van der Waals surface area contributed by atoms with Gasteiger partial charge in [0.2, 0.25) is 0 Å². The normalized spacial score (nSPS) is 11.8. The molecule has 0 saturated carbocycles.